The maximum absolute atomic E-state index is 12.3. The summed E-state index contributed by atoms with van der Waals surface area (Å²) in [6.07, 6.45) is 0. The number of benzene rings is 1. The van der Waals surface area contributed by atoms with E-state index in [0.717, 1.165) is 6.07 Å². The molecule has 0 radical (unpaired) electrons. The summed E-state index contributed by atoms with van der Waals surface area (Å²) in [5, 5.41) is 5.70. The molecule has 0 aliphatic heterocycles. The Labute approximate surface area is 119 Å². The second-order valence-corrected chi connectivity index (χ2v) is 5.86. The van der Waals surface area contributed by atoms with Crippen LogP contribution in [0.2, 0.25) is 0 Å². The summed E-state index contributed by atoms with van der Waals surface area (Å²) in [5.74, 6) is -0.0117. The maximum Gasteiger partial charge on any atom is 0.264 e. The van der Waals surface area contributed by atoms with E-state index in [1.165, 1.54) is 18.2 Å². The predicted octanol–water partition coefficient (Wildman–Crippen LogP) is 0.205. The van der Waals surface area contributed by atoms with Crippen molar-refractivity contribution in [1.82, 2.24) is 10.2 Å². The smallest absolute Gasteiger partial charge is 0.264 e. The van der Waals surface area contributed by atoms with Gasteiger partial charge in [0.25, 0.3) is 15.6 Å². The number of anilines is 1. The molecule has 4 N–H and O–H groups in total. The van der Waals surface area contributed by atoms with Crippen molar-refractivity contribution >= 4 is 33.0 Å². The number of hydrogen-bond acceptors (Lipinski definition) is 5. The second kappa shape index (κ2) is 5.39. The quantitative estimate of drug-likeness (QED) is 0.695. The molecule has 1 aromatic carbocycles. The zero-order chi connectivity index (χ0) is 14.8. The normalized spacial score (nSPS) is 11.0. The Bertz CT molecular complexity index is 794. The highest BCUT2D eigenvalue weighted by molar-refractivity contribution is 7.93. The van der Waals surface area contributed by atoms with Gasteiger partial charge in [0.2, 0.25) is 0 Å². The minimum absolute atomic E-state index is 0.0117. The largest absolute Gasteiger partial charge is 0.389 e. The molecule has 0 amide bonds. The first-order valence-electron chi connectivity index (χ1n) is 5.37. The van der Waals surface area contributed by atoms with Gasteiger partial charge in [-0.25, -0.2) is 13.5 Å². The van der Waals surface area contributed by atoms with Gasteiger partial charge < -0.3 is 5.73 Å². The number of nitrogens with one attached hydrogen (secondary N) is 2. The molecule has 0 bridgehead atoms. The van der Waals surface area contributed by atoms with E-state index in [1.54, 1.807) is 12.1 Å². The lowest BCUT2D eigenvalue weighted by molar-refractivity contribution is 0.600. The molecule has 2 rings (SSSR count). The van der Waals surface area contributed by atoms with Crippen LogP contribution >= 0.6 is 12.2 Å². The number of H-pyrrole nitrogens is 1. The molecule has 0 spiro atoms. The Morgan fingerprint density at radius 3 is 2.55 bits per heavy atom. The molecular weight excluding hydrogens is 300 g/mol. The van der Waals surface area contributed by atoms with Gasteiger partial charge in [-0.3, -0.25) is 9.52 Å². The molecule has 0 saturated heterocycles. The van der Waals surface area contributed by atoms with Crippen molar-refractivity contribution in [3.8, 4) is 0 Å². The van der Waals surface area contributed by atoms with Crippen LogP contribution in [0.25, 0.3) is 0 Å². The summed E-state index contributed by atoms with van der Waals surface area (Å²) in [4.78, 5) is 10.8. The van der Waals surface area contributed by atoms with Crippen LogP contribution < -0.4 is 16.0 Å². The predicted molar refractivity (Wildman–Crippen MR) is 78.0 cm³/mol. The Morgan fingerprint density at radius 2 is 1.95 bits per heavy atom. The number of nitrogens with two attached hydrogens (primary N) is 1. The van der Waals surface area contributed by atoms with Gasteiger partial charge in [-0.2, -0.15) is 5.10 Å². The molecule has 0 aliphatic rings. The molecule has 0 unspecified atom stereocenters. The van der Waals surface area contributed by atoms with Gasteiger partial charge in [-0.05, 0) is 12.1 Å². The lowest BCUT2D eigenvalue weighted by Crippen LogP contribution is -2.21. The number of sulfonamides is 1. The molecule has 0 saturated carbocycles. The van der Waals surface area contributed by atoms with Crippen LogP contribution in [0.4, 0.5) is 5.82 Å². The van der Waals surface area contributed by atoms with Gasteiger partial charge in [0, 0.05) is 11.6 Å². The molecule has 20 heavy (non-hydrogen) atoms. The first kappa shape index (κ1) is 14.2. The number of thiocarbonyl (C=S) groups is 1. The average molecular weight is 310 g/mol. The Kier molecular flexibility index (Phi) is 3.81. The minimum Gasteiger partial charge on any atom is -0.389 e. The zero-order valence-electron chi connectivity index (χ0n) is 10.0. The van der Waals surface area contributed by atoms with Crippen LogP contribution in [-0.4, -0.2) is 23.6 Å². The first-order valence-corrected chi connectivity index (χ1v) is 7.27. The third-order valence-corrected chi connectivity index (χ3v) is 3.99. The van der Waals surface area contributed by atoms with Gasteiger partial charge in [0.15, 0.2) is 5.82 Å². The molecule has 1 aromatic heterocycles. The standard InChI is InChI=1S/C11H10N4O3S2/c12-11(19)7-3-1-2-4-8(7)20(17,18)15-9-5-6-10(16)14-13-9/h1-6H,(H2,12,19)(H,13,15)(H,14,16). The van der Waals surface area contributed by atoms with Gasteiger partial charge >= 0.3 is 0 Å². The summed E-state index contributed by atoms with van der Waals surface area (Å²) in [7, 11) is -3.90. The molecule has 2 aromatic rings. The molecule has 0 fully saturated rings. The van der Waals surface area contributed by atoms with Crippen molar-refractivity contribution < 1.29 is 8.42 Å². The van der Waals surface area contributed by atoms with Gasteiger partial charge in [-0.15, -0.1) is 0 Å². The van der Waals surface area contributed by atoms with Crippen molar-refractivity contribution in [3.63, 3.8) is 0 Å². The summed E-state index contributed by atoms with van der Waals surface area (Å²) < 4.78 is 26.7. The van der Waals surface area contributed by atoms with Crippen LogP contribution in [0, 0.1) is 0 Å². The third kappa shape index (κ3) is 3.00. The Balaban J connectivity index is 2.43. The highest BCUT2D eigenvalue weighted by Crippen LogP contribution is 2.18. The number of rotatable bonds is 4. The number of nitrogens with zero attached hydrogens (tertiary/aromatic N) is 1. The second-order valence-electron chi connectivity index (χ2n) is 3.77. The van der Waals surface area contributed by atoms with E-state index < -0.39 is 15.6 Å². The molecule has 0 atom stereocenters. The lowest BCUT2D eigenvalue weighted by Gasteiger charge is -2.10. The van der Waals surface area contributed by atoms with Crippen molar-refractivity contribution in [2.75, 3.05) is 4.72 Å². The summed E-state index contributed by atoms with van der Waals surface area (Å²) >= 11 is 4.82. The van der Waals surface area contributed by atoms with E-state index in [0.29, 0.717) is 0 Å². The zero-order valence-corrected chi connectivity index (χ0v) is 11.7. The van der Waals surface area contributed by atoms with Crippen LogP contribution in [0.3, 0.4) is 0 Å². The Morgan fingerprint density at radius 1 is 1.25 bits per heavy atom. The van der Waals surface area contributed by atoms with Crippen molar-refractivity contribution in [2.45, 2.75) is 4.90 Å². The highest BCUT2D eigenvalue weighted by atomic mass is 32.2. The van der Waals surface area contributed by atoms with Crippen molar-refractivity contribution in [1.29, 1.82) is 0 Å². The number of aromatic nitrogens is 2. The Hall–Kier alpha value is -2.26. The minimum atomic E-state index is -3.90. The monoisotopic (exact) mass is 310 g/mol. The average Bonchev–Trinajstić information content (AvgIpc) is 2.41. The third-order valence-electron chi connectivity index (χ3n) is 2.36. The van der Waals surface area contributed by atoms with Crippen LogP contribution in [0.1, 0.15) is 5.56 Å². The first-order chi connectivity index (χ1) is 9.40. The van der Waals surface area contributed by atoms with Gasteiger partial charge in [0.05, 0.1) is 4.90 Å². The molecule has 9 heteroatoms. The SMILES string of the molecule is NC(=S)c1ccccc1S(=O)(=O)Nc1ccc(=O)[nH]n1. The highest BCUT2D eigenvalue weighted by Gasteiger charge is 2.19. The van der Waals surface area contributed by atoms with E-state index in [4.69, 9.17) is 18.0 Å². The van der Waals surface area contributed by atoms with Gasteiger partial charge in [-0.1, -0.05) is 30.4 Å². The fraction of sp³-hybridized carbons (Fsp3) is 0. The van der Waals surface area contributed by atoms with Crippen LogP contribution in [-0.2, 0) is 10.0 Å². The fourth-order valence-corrected chi connectivity index (χ4v) is 2.97. The fourth-order valence-electron chi connectivity index (χ4n) is 1.50. The molecular formula is C11H10N4O3S2. The van der Waals surface area contributed by atoms with E-state index in [1.807, 2.05) is 0 Å². The summed E-state index contributed by atoms with van der Waals surface area (Å²) in [6, 6.07) is 8.48. The molecule has 104 valence electrons. The lowest BCUT2D eigenvalue weighted by atomic mass is 10.2. The van der Waals surface area contributed by atoms with Crippen LogP contribution in [0.5, 0.6) is 0 Å². The van der Waals surface area contributed by atoms with E-state index in [9.17, 15) is 13.2 Å². The molecule has 7 nitrogen and oxygen atoms in total. The van der Waals surface area contributed by atoms with Crippen molar-refractivity contribution in [3.05, 3.63) is 52.3 Å². The van der Waals surface area contributed by atoms with E-state index in [-0.39, 0.29) is 21.3 Å². The maximum atomic E-state index is 12.3. The van der Waals surface area contributed by atoms with Gasteiger partial charge in [0.1, 0.15) is 4.99 Å². The van der Waals surface area contributed by atoms with Crippen LogP contribution in [0.15, 0.2) is 46.1 Å². The molecule has 0 aliphatic carbocycles. The van der Waals surface area contributed by atoms with E-state index in [2.05, 4.69) is 14.9 Å². The van der Waals surface area contributed by atoms with E-state index >= 15 is 0 Å². The summed E-state index contributed by atoms with van der Waals surface area (Å²) in [5.41, 5.74) is 5.30. The number of hydrogen-bond donors (Lipinski definition) is 3. The summed E-state index contributed by atoms with van der Waals surface area (Å²) in [6.45, 7) is 0. The number of aromatic amines is 1. The van der Waals surface area contributed by atoms with Crippen molar-refractivity contribution in [2.24, 2.45) is 5.73 Å². The topological polar surface area (TPSA) is 118 Å². The molecule has 1 heterocycles.